The summed E-state index contributed by atoms with van der Waals surface area (Å²) in [6, 6.07) is 0. The first-order chi connectivity index (χ1) is 9.35. The zero-order valence-corrected chi connectivity index (χ0v) is 13.2. The van der Waals surface area contributed by atoms with Gasteiger partial charge in [-0.2, -0.15) is 0 Å². The SMILES string of the molecule is CC(C)CNC(=O)CC1(C(=O)NCC(C)C)CCNC1. The minimum Gasteiger partial charge on any atom is -0.356 e. The van der Waals surface area contributed by atoms with Crippen LogP contribution in [-0.2, 0) is 9.59 Å². The Morgan fingerprint density at radius 2 is 1.70 bits per heavy atom. The summed E-state index contributed by atoms with van der Waals surface area (Å²) in [6.45, 7) is 11.0. The molecule has 1 saturated heterocycles. The molecule has 0 aliphatic carbocycles. The molecule has 0 bridgehead atoms. The van der Waals surface area contributed by atoms with Crippen LogP contribution in [0.2, 0.25) is 0 Å². The third-order valence-corrected chi connectivity index (χ3v) is 3.60. The van der Waals surface area contributed by atoms with Crippen molar-refractivity contribution in [3.63, 3.8) is 0 Å². The second kappa shape index (κ2) is 7.62. The number of hydrogen-bond donors (Lipinski definition) is 3. The predicted molar refractivity (Wildman–Crippen MR) is 80.2 cm³/mol. The molecular formula is C15H29N3O2. The van der Waals surface area contributed by atoms with Crippen molar-refractivity contribution in [2.75, 3.05) is 26.2 Å². The van der Waals surface area contributed by atoms with Crippen LogP contribution in [0, 0.1) is 17.3 Å². The van der Waals surface area contributed by atoms with Crippen LogP contribution in [0.15, 0.2) is 0 Å². The molecule has 2 amide bonds. The zero-order chi connectivity index (χ0) is 15.2. The van der Waals surface area contributed by atoms with E-state index >= 15 is 0 Å². The molecule has 1 heterocycles. The fourth-order valence-electron chi connectivity index (χ4n) is 2.34. The molecule has 0 spiro atoms. The van der Waals surface area contributed by atoms with Gasteiger partial charge in [0.15, 0.2) is 0 Å². The molecule has 5 nitrogen and oxygen atoms in total. The fourth-order valence-corrected chi connectivity index (χ4v) is 2.34. The average Bonchev–Trinajstić information content (AvgIpc) is 2.83. The van der Waals surface area contributed by atoms with Gasteiger partial charge in [0.1, 0.15) is 0 Å². The van der Waals surface area contributed by atoms with E-state index in [-0.39, 0.29) is 18.2 Å². The molecule has 0 radical (unpaired) electrons. The molecule has 5 heteroatoms. The topological polar surface area (TPSA) is 70.2 Å². The van der Waals surface area contributed by atoms with Crippen LogP contribution in [0.5, 0.6) is 0 Å². The average molecular weight is 283 g/mol. The van der Waals surface area contributed by atoms with Gasteiger partial charge >= 0.3 is 0 Å². The van der Waals surface area contributed by atoms with Gasteiger partial charge in [-0.15, -0.1) is 0 Å². The van der Waals surface area contributed by atoms with E-state index in [9.17, 15) is 9.59 Å². The lowest BCUT2D eigenvalue weighted by Crippen LogP contribution is -2.46. The Morgan fingerprint density at radius 1 is 1.10 bits per heavy atom. The van der Waals surface area contributed by atoms with Crippen LogP contribution in [0.3, 0.4) is 0 Å². The van der Waals surface area contributed by atoms with Crippen molar-refractivity contribution >= 4 is 11.8 Å². The van der Waals surface area contributed by atoms with Crippen molar-refractivity contribution in [3.8, 4) is 0 Å². The Balaban J connectivity index is 2.57. The minimum absolute atomic E-state index is 0.0101. The number of carbonyl (C=O) groups excluding carboxylic acids is 2. The van der Waals surface area contributed by atoms with Gasteiger partial charge in [-0.3, -0.25) is 9.59 Å². The molecule has 0 aromatic carbocycles. The number of rotatable bonds is 7. The Labute approximate surface area is 122 Å². The molecule has 1 fully saturated rings. The van der Waals surface area contributed by atoms with Gasteiger partial charge in [-0.1, -0.05) is 27.7 Å². The normalized spacial score (nSPS) is 22.3. The number of hydrogen-bond acceptors (Lipinski definition) is 3. The maximum atomic E-state index is 12.4. The summed E-state index contributed by atoms with van der Waals surface area (Å²) in [7, 11) is 0. The van der Waals surface area contributed by atoms with Crippen molar-refractivity contribution in [1.29, 1.82) is 0 Å². The smallest absolute Gasteiger partial charge is 0.228 e. The van der Waals surface area contributed by atoms with Crippen molar-refractivity contribution in [2.24, 2.45) is 17.3 Å². The van der Waals surface area contributed by atoms with Crippen LogP contribution in [0.4, 0.5) is 0 Å². The fraction of sp³-hybridized carbons (Fsp3) is 0.867. The van der Waals surface area contributed by atoms with Gasteiger partial charge in [-0.05, 0) is 24.8 Å². The Kier molecular flexibility index (Phi) is 6.46. The van der Waals surface area contributed by atoms with Crippen molar-refractivity contribution < 1.29 is 9.59 Å². The minimum atomic E-state index is -0.573. The van der Waals surface area contributed by atoms with Gasteiger partial charge in [0.25, 0.3) is 0 Å². The van der Waals surface area contributed by atoms with E-state index in [2.05, 4.69) is 43.6 Å². The Morgan fingerprint density at radius 3 is 2.20 bits per heavy atom. The Bertz CT molecular complexity index is 334. The standard InChI is InChI=1S/C15H29N3O2/c1-11(2)8-17-13(19)7-15(5-6-16-10-15)14(20)18-9-12(3)4/h11-12,16H,5-10H2,1-4H3,(H,17,19)(H,18,20). The van der Waals surface area contributed by atoms with E-state index < -0.39 is 5.41 Å². The van der Waals surface area contributed by atoms with Gasteiger partial charge < -0.3 is 16.0 Å². The summed E-state index contributed by atoms with van der Waals surface area (Å²) in [5.41, 5.74) is -0.573. The highest BCUT2D eigenvalue weighted by molar-refractivity contribution is 5.89. The number of amides is 2. The lowest BCUT2D eigenvalue weighted by molar-refractivity contribution is -0.135. The molecule has 1 unspecified atom stereocenters. The van der Waals surface area contributed by atoms with Gasteiger partial charge in [0, 0.05) is 26.1 Å². The van der Waals surface area contributed by atoms with Crippen LogP contribution < -0.4 is 16.0 Å². The van der Waals surface area contributed by atoms with Crippen LogP contribution >= 0.6 is 0 Å². The second-order valence-electron chi connectivity index (χ2n) is 6.69. The molecule has 1 rings (SSSR count). The summed E-state index contributed by atoms with van der Waals surface area (Å²) in [6.07, 6.45) is 1.00. The molecule has 116 valence electrons. The van der Waals surface area contributed by atoms with Crippen LogP contribution in [0.25, 0.3) is 0 Å². The highest BCUT2D eigenvalue weighted by atomic mass is 16.2. The highest BCUT2D eigenvalue weighted by Crippen LogP contribution is 2.30. The summed E-state index contributed by atoms with van der Waals surface area (Å²) < 4.78 is 0. The lowest BCUT2D eigenvalue weighted by Gasteiger charge is -2.27. The summed E-state index contributed by atoms with van der Waals surface area (Å²) in [5, 5.41) is 9.09. The van der Waals surface area contributed by atoms with E-state index in [4.69, 9.17) is 0 Å². The van der Waals surface area contributed by atoms with Gasteiger partial charge in [0.05, 0.1) is 5.41 Å². The summed E-state index contributed by atoms with van der Waals surface area (Å²) in [5.74, 6) is 0.824. The van der Waals surface area contributed by atoms with E-state index in [0.29, 0.717) is 31.5 Å². The first-order valence-electron chi connectivity index (χ1n) is 7.61. The van der Waals surface area contributed by atoms with Gasteiger partial charge in [-0.25, -0.2) is 0 Å². The molecule has 1 aliphatic heterocycles. The van der Waals surface area contributed by atoms with Crippen molar-refractivity contribution in [1.82, 2.24) is 16.0 Å². The monoisotopic (exact) mass is 283 g/mol. The molecule has 0 saturated carbocycles. The quantitative estimate of drug-likeness (QED) is 0.650. The second-order valence-corrected chi connectivity index (χ2v) is 6.69. The van der Waals surface area contributed by atoms with Crippen LogP contribution in [0.1, 0.15) is 40.5 Å². The number of carbonyl (C=O) groups is 2. The summed E-state index contributed by atoms with van der Waals surface area (Å²) in [4.78, 5) is 24.4. The van der Waals surface area contributed by atoms with Crippen LogP contribution in [-0.4, -0.2) is 38.0 Å². The van der Waals surface area contributed by atoms with E-state index in [1.165, 1.54) is 0 Å². The predicted octanol–water partition coefficient (Wildman–Crippen LogP) is 0.901. The largest absolute Gasteiger partial charge is 0.356 e. The first kappa shape index (κ1) is 17.0. The molecule has 1 atom stereocenters. The highest BCUT2D eigenvalue weighted by Gasteiger charge is 2.42. The summed E-state index contributed by atoms with van der Waals surface area (Å²) >= 11 is 0. The molecule has 1 aliphatic rings. The van der Waals surface area contributed by atoms with Gasteiger partial charge in [0.2, 0.25) is 11.8 Å². The third-order valence-electron chi connectivity index (χ3n) is 3.60. The maximum Gasteiger partial charge on any atom is 0.228 e. The van der Waals surface area contributed by atoms with E-state index in [0.717, 1.165) is 13.0 Å². The lowest BCUT2D eigenvalue weighted by atomic mass is 9.82. The molecule has 20 heavy (non-hydrogen) atoms. The number of nitrogens with one attached hydrogen (secondary N) is 3. The zero-order valence-electron chi connectivity index (χ0n) is 13.2. The molecular weight excluding hydrogens is 254 g/mol. The first-order valence-corrected chi connectivity index (χ1v) is 7.61. The van der Waals surface area contributed by atoms with Crippen molar-refractivity contribution in [2.45, 2.75) is 40.5 Å². The molecule has 3 N–H and O–H groups in total. The van der Waals surface area contributed by atoms with E-state index in [1.54, 1.807) is 0 Å². The molecule has 0 aromatic rings. The third kappa shape index (κ3) is 5.12. The van der Waals surface area contributed by atoms with Crippen molar-refractivity contribution in [3.05, 3.63) is 0 Å². The van der Waals surface area contributed by atoms with E-state index in [1.807, 2.05) is 0 Å². The maximum absolute atomic E-state index is 12.4. The molecule has 0 aromatic heterocycles. The Hall–Kier alpha value is -1.10.